The van der Waals surface area contributed by atoms with Gasteiger partial charge in [-0.1, -0.05) is 0 Å². The van der Waals surface area contributed by atoms with E-state index in [1.165, 1.54) is 0 Å². The molecule has 0 fully saturated rings. The summed E-state index contributed by atoms with van der Waals surface area (Å²) < 4.78 is 1.80. The largest absolute Gasteiger partial charge is 0.366 e. The average Bonchev–Trinajstić information content (AvgIpc) is 2.10. The predicted octanol–water partition coefficient (Wildman–Crippen LogP) is 0.750. The third-order valence-electron chi connectivity index (χ3n) is 1.31. The molecule has 0 unspecified atom stereocenters. The molecule has 0 atom stereocenters. The lowest BCUT2D eigenvalue weighted by Crippen LogP contribution is -2.05. The highest BCUT2D eigenvalue weighted by Gasteiger charge is 2.04. The molecule has 0 amide bonds. The van der Waals surface area contributed by atoms with Gasteiger partial charge < -0.3 is 5.73 Å². The van der Waals surface area contributed by atoms with Crippen LogP contribution in [0, 0.1) is 6.92 Å². The van der Waals surface area contributed by atoms with Gasteiger partial charge in [0.05, 0.1) is 0 Å². The van der Waals surface area contributed by atoms with Gasteiger partial charge in [-0.05, 0) is 20.8 Å². The first-order valence-corrected chi connectivity index (χ1v) is 3.30. The summed E-state index contributed by atoms with van der Waals surface area (Å²) in [4.78, 5) is 3.96. The summed E-state index contributed by atoms with van der Waals surface area (Å²) in [5, 5.41) is 3.99. The fourth-order valence-corrected chi connectivity index (χ4v) is 0.911. The Balaban J connectivity index is 3.03. The molecule has 1 heterocycles. The second-order valence-electron chi connectivity index (χ2n) is 2.56. The van der Waals surface area contributed by atoms with E-state index in [2.05, 4.69) is 10.1 Å². The van der Waals surface area contributed by atoms with Crippen molar-refractivity contribution in [3.63, 3.8) is 0 Å². The number of nitrogens with two attached hydrogens (primary N) is 1. The van der Waals surface area contributed by atoms with Crippen molar-refractivity contribution in [3.05, 3.63) is 5.82 Å². The second-order valence-corrected chi connectivity index (χ2v) is 2.56. The molecule has 0 bridgehead atoms. The van der Waals surface area contributed by atoms with Gasteiger partial charge >= 0.3 is 0 Å². The van der Waals surface area contributed by atoms with Gasteiger partial charge in [0.1, 0.15) is 5.82 Å². The fraction of sp³-hybridized carbons (Fsp3) is 0.667. The molecule has 0 saturated heterocycles. The standard InChI is InChI=1S/C6H12N4/c1-4(2)10-5(3)8-6(7)9-10/h4H,1-3H3,(H2,7,9). The normalized spacial score (nSPS) is 10.8. The molecule has 2 N–H and O–H groups in total. The molecule has 0 saturated carbocycles. The number of anilines is 1. The van der Waals surface area contributed by atoms with Crippen LogP contribution in [0.5, 0.6) is 0 Å². The fourth-order valence-electron chi connectivity index (χ4n) is 0.911. The van der Waals surface area contributed by atoms with E-state index < -0.39 is 0 Å². The molecule has 0 aliphatic rings. The van der Waals surface area contributed by atoms with Crippen LogP contribution in [0.15, 0.2) is 0 Å². The number of aryl methyl sites for hydroxylation is 1. The Labute approximate surface area is 60.1 Å². The van der Waals surface area contributed by atoms with Gasteiger partial charge in [-0.15, -0.1) is 5.10 Å². The van der Waals surface area contributed by atoms with E-state index in [0.29, 0.717) is 12.0 Å². The van der Waals surface area contributed by atoms with Crippen molar-refractivity contribution in [3.8, 4) is 0 Å². The summed E-state index contributed by atoms with van der Waals surface area (Å²) >= 11 is 0. The number of nitrogens with zero attached hydrogens (tertiary/aromatic N) is 3. The van der Waals surface area contributed by atoms with E-state index in [-0.39, 0.29) is 0 Å². The predicted molar refractivity (Wildman–Crippen MR) is 39.6 cm³/mol. The second kappa shape index (κ2) is 2.28. The van der Waals surface area contributed by atoms with Crippen LogP contribution in [-0.2, 0) is 0 Å². The molecule has 4 nitrogen and oxygen atoms in total. The van der Waals surface area contributed by atoms with E-state index in [1.807, 2.05) is 20.8 Å². The van der Waals surface area contributed by atoms with Gasteiger partial charge in [0.2, 0.25) is 5.95 Å². The minimum absolute atomic E-state index is 0.338. The SMILES string of the molecule is Cc1nc(N)nn1C(C)C. The topological polar surface area (TPSA) is 56.7 Å². The van der Waals surface area contributed by atoms with Crippen molar-refractivity contribution >= 4 is 5.95 Å². The maximum Gasteiger partial charge on any atom is 0.239 e. The number of hydrogen-bond donors (Lipinski definition) is 1. The van der Waals surface area contributed by atoms with Crippen molar-refractivity contribution in [1.82, 2.24) is 14.8 Å². The first-order chi connectivity index (χ1) is 4.61. The zero-order chi connectivity index (χ0) is 7.72. The van der Waals surface area contributed by atoms with E-state index >= 15 is 0 Å². The van der Waals surface area contributed by atoms with Gasteiger partial charge in [-0.3, -0.25) is 0 Å². The van der Waals surface area contributed by atoms with Crippen molar-refractivity contribution in [2.75, 3.05) is 5.73 Å². The first-order valence-electron chi connectivity index (χ1n) is 3.30. The Morgan fingerprint density at radius 2 is 2.10 bits per heavy atom. The van der Waals surface area contributed by atoms with E-state index in [9.17, 15) is 0 Å². The van der Waals surface area contributed by atoms with Crippen LogP contribution in [0.1, 0.15) is 25.7 Å². The number of hydrogen-bond acceptors (Lipinski definition) is 3. The van der Waals surface area contributed by atoms with Gasteiger partial charge in [0.25, 0.3) is 0 Å². The third-order valence-corrected chi connectivity index (χ3v) is 1.31. The molecule has 1 aromatic heterocycles. The lowest BCUT2D eigenvalue weighted by Gasteiger charge is -2.04. The van der Waals surface area contributed by atoms with Crippen molar-refractivity contribution in [2.24, 2.45) is 0 Å². The van der Waals surface area contributed by atoms with Crippen LogP contribution in [0.4, 0.5) is 5.95 Å². The molecule has 0 aromatic carbocycles. The molecule has 0 radical (unpaired) electrons. The average molecular weight is 140 g/mol. The summed E-state index contributed by atoms with van der Waals surface area (Å²) in [7, 11) is 0. The first kappa shape index (κ1) is 7.05. The molecule has 0 aliphatic carbocycles. The molecule has 10 heavy (non-hydrogen) atoms. The van der Waals surface area contributed by atoms with E-state index in [1.54, 1.807) is 4.68 Å². The van der Waals surface area contributed by atoms with Gasteiger partial charge in [0, 0.05) is 6.04 Å². The highest BCUT2D eigenvalue weighted by Crippen LogP contribution is 2.06. The molecular formula is C6H12N4. The van der Waals surface area contributed by atoms with Crippen molar-refractivity contribution in [2.45, 2.75) is 26.8 Å². The summed E-state index contributed by atoms with van der Waals surface area (Å²) in [6, 6.07) is 0.338. The highest BCUT2D eigenvalue weighted by molar-refractivity contribution is 5.13. The lowest BCUT2D eigenvalue weighted by molar-refractivity contribution is 0.518. The number of nitrogen functional groups attached to an aromatic ring is 1. The van der Waals surface area contributed by atoms with Crippen molar-refractivity contribution in [1.29, 1.82) is 0 Å². The van der Waals surface area contributed by atoms with Crippen LogP contribution in [-0.4, -0.2) is 14.8 Å². The smallest absolute Gasteiger partial charge is 0.239 e. The number of rotatable bonds is 1. The Morgan fingerprint density at radius 1 is 1.50 bits per heavy atom. The van der Waals surface area contributed by atoms with Gasteiger partial charge in [-0.25, -0.2) is 4.68 Å². The van der Waals surface area contributed by atoms with Crippen molar-refractivity contribution < 1.29 is 0 Å². The molecule has 1 rings (SSSR count). The van der Waals surface area contributed by atoms with Crippen LogP contribution >= 0.6 is 0 Å². The minimum Gasteiger partial charge on any atom is -0.366 e. The van der Waals surface area contributed by atoms with E-state index in [4.69, 9.17) is 5.73 Å². The number of aromatic nitrogens is 3. The lowest BCUT2D eigenvalue weighted by atomic mass is 10.4. The van der Waals surface area contributed by atoms with Crippen LogP contribution in [0.2, 0.25) is 0 Å². The third kappa shape index (κ3) is 1.10. The Kier molecular flexibility index (Phi) is 1.61. The summed E-state index contributed by atoms with van der Waals surface area (Å²) in [6.45, 7) is 5.98. The van der Waals surface area contributed by atoms with Crippen LogP contribution in [0.25, 0.3) is 0 Å². The molecule has 4 heteroatoms. The zero-order valence-electron chi connectivity index (χ0n) is 6.50. The molecule has 56 valence electrons. The molecular weight excluding hydrogens is 128 g/mol. The van der Waals surface area contributed by atoms with E-state index in [0.717, 1.165) is 5.82 Å². The quantitative estimate of drug-likeness (QED) is 0.626. The highest BCUT2D eigenvalue weighted by atomic mass is 15.4. The van der Waals surface area contributed by atoms with Crippen LogP contribution < -0.4 is 5.73 Å². The zero-order valence-corrected chi connectivity index (χ0v) is 6.50. The minimum atomic E-state index is 0.338. The van der Waals surface area contributed by atoms with Crippen LogP contribution in [0.3, 0.4) is 0 Å². The summed E-state index contributed by atoms with van der Waals surface area (Å²) in [5.41, 5.74) is 5.37. The molecule has 1 aromatic rings. The Hall–Kier alpha value is -1.06. The van der Waals surface area contributed by atoms with Gasteiger partial charge in [0.15, 0.2) is 0 Å². The monoisotopic (exact) mass is 140 g/mol. The Morgan fingerprint density at radius 3 is 2.30 bits per heavy atom. The molecule has 0 spiro atoms. The molecule has 0 aliphatic heterocycles. The maximum atomic E-state index is 5.37. The summed E-state index contributed by atoms with van der Waals surface area (Å²) in [6.07, 6.45) is 0. The maximum absolute atomic E-state index is 5.37. The van der Waals surface area contributed by atoms with Gasteiger partial charge in [-0.2, -0.15) is 4.98 Å². The summed E-state index contributed by atoms with van der Waals surface area (Å²) in [5.74, 6) is 1.22. The Bertz CT molecular complexity index is 226.